The van der Waals surface area contributed by atoms with Crippen molar-refractivity contribution in [2.45, 2.75) is 58.8 Å². The number of benzene rings is 1. The molecule has 2 nitrogen and oxygen atoms in total. The van der Waals surface area contributed by atoms with Gasteiger partial charge in [-0.15, -0.1) is 0 Å². The second kappa shape index (κ2) is 7.24. The van der Waals surface area contributed by atoms with Gasteiger partial charge >= 0.3 is 0 Å². The van der Waals surface area contributed by atoms with E-state index in [4.69, 9.17) is 4.74 Å². The first-order valence-electron chi connectivity index (χ1n) is 8.00. The van der Waals surface area contributed by atoms with Crippen LogP contribution in [0, 0.1) is 17.8 Å². The maximum Gasteiger partial charge on any atom is 0.0869 e. The van der Waals surface area contributed by atoms with Crippen LogP contribution in [0.25, 0.3) is 0 Å². The molecule has 1 fully saturated rings. The molecule has 0 amide bonds. The zero-order valence-electron chi connectivity index (χ0n) is 13.0. The van der Waals surface area contributed by atoms with E-state index in [-0.39, 0.29) is 12.2 Å². The van der Waals surface area contributed by atoms with E-state index in [1.165, 1.54) is 12.0 Å². The molecule has 1 aliphatic rings. The Balaban J connectivity index is 2.02. The SMILES string of the molecule is CC[C@H]1C[C@H](CC)[C@H](O)[C@@H](OCc2ccccc2)[C@@H]1C. The van der Waals surface area contributed by atoms with Crippen molar-refractivity contribution in [3.63, 3.8) is 0 Å². The summed E-state index contributed by atoms with van der Waals surface area (Å²) in [5.41, 5.74) is 1.18. The van der Waals surface area contributed by atoms with Gasteiger partial charge in [0.15, 0.2) is 0 Å². The largest absolute Gasteiger partial charge is 0.390 e. The Labute approximate surface area is 123 Å². The van der Waals surface area contributed by atoms with Gasteiger partial charge in [-0.1, -0.05) is 63.9 Å². The molecule has 112 valence electrons. The van der Waals surface area contributed by atoms with Crippen molar-refractivity contribution in [2.24, 2.45) is 17.8 Å². The van der Waals surface area contributed by atoms with Gasteiger partial charge in [0.1, 0.15) is 0 Å². The summed E-state index contributed by atoms with van der Waals surface area (Å²) in [7, 11) is 0. The fourth-order valence-corrected chi connectivity index (χ4v) is 3.55. The minimum Gasteiger partial charge on any atom is -0.390 e. The number of rotatable bonds is 5. The molecule has 1 aliphatic carbocycles. The van der Waals surface area contributed by atoms with Crippen LogP contribution >= 0.6 is 0 Å². The lowest BCUT2D eigenvalue weighted by Gasteiger charge is -2.43. The van der Waals surface area contributed by atoms with Crippen LogP contribution in [0.2, 0.25) is 0 Å². The highest BCUT2D eigenvalue weighted by Gasteiger charge is 2.41. The molecule has 1 aromatic rings. The molecule has 0 aromatic heterocycles. The summed E-state index contributed by atoms with van der Waals surface area (Å²) < 4.78 is 6.11. The zero-order chi connectivity index (χ0) is 14.5. The van der Waals surface area contributed by atoms with Crippen LogP contribution in [-0.4, -0.2) is 17.3 Å². The first-order valence-corrected chi connectivity index (χ1v) is 8.00. The molecule has 5 atom stereocenters. The fraction of sp³-hybridized carbons (Fsp3) is 0.667. The van der Waals surface area contributed by atoms with Gasteiger partial charge in [0, 0.05) is 0 Å². The minimum absolute atomic E-state index is 0.0288. The Morgan fingerprint density at radius 3 is 2.35 bits per heavy atom. The van der Waals surface area contributed by atoms with E-state index in [1.807, 2.05) is 18.2 Å². The van der Waals surface area contributed by atoms with Gasteiger partial charge in [-0.2, -0.15) is 0 Å². The van der Waals surface area contributed by atoms with Gasteiger partial charge in [0.05, 0.1) is 18.8 Å². The van der Waals surface area contributed by atoms with Gasteiger partial charge in [-0.05, 0) is 29.7 Å². The van der Waals surface area contributed by atoms with Crippen molar-refractivity contribution < 1.29 is 9.84 Å². The van der Waals surface area contributed by atoms with E-state index in [9.17, 15) is 5.11 Å². The zero-order valence-corrected chi connectivity index (χ0v) is 13.0. The van der Waals surface area contributed by atoms with Crippen LogP contribution in [0.5, 0.6) is 0 Å². The van der Waals surface area contributed by atoms with E-state index in [0.29, 0.717) is 24.4 Å². The Morgan fingerprint density at radius 1 is 1.10 bits per heavy atom. The lowest BCUT2D eigenvalue weighted by molar-refractivity contribution is -0.134. The maximum atomic E-state index is 10.6. The third-order valence-electron chi connectivity index (χ3n) is 5.02. The molecule has 0 bridgehead atoms. The highest BCUT2D eigenvalue weighted by Crippen LogP contribution is 2.39. The summed E-state index contributed by atoms with van der Waals surface area (Å²) in [5, 5.41) is 10.6. The molecule has 0 spiro atoms. The molecule has 0 heterocycles. The first kappa shape index (κ1) is 15.5. The van der Waals surface area contributed by atoms with Crippen LogP contribution in [0.15, 0.2) is 30.3 Å². The summed E-state index contributed by atoms with van der Waals surface area (Å²) in [6, 6.07) is 10.2. The third kappa shape index (κ3) is 3.42. The molecular weight excluding hydrogens is 248 g/mol. The number of hydrogen-bond acceptors (Lipinski definition) is 2. The molecule has 0 aliphatic heterocycles. The van der Waals surface area contributed by atoms with E-state index < -0.39 is 0 Å². The van der Waals surface area contributed by atoms with Crippen molar-refractivity contribution >= 4 is 0 Å². The molecule has 0 radical (unpaired) electrons. The smallest absolute Gasteiger partial charge is 0.0869 e. The van der Waals surface area contributed by atoms with Crippen LogP contribution in [0.4, 0.5) is 0 Å². The average molecular weight is 276 g/mol. The Morgan fingerprint density at radius 2 is 1.75 bits per heavy atom. The molecule has 2 rings (SSSR count). The van der Waals surface area contributed by atoms with Crippen LogP contribution < -0.4 is 0 Å². The molecule has 0 unspecified atom stereocenters. The highest BCUT2D eigenvalue weighted by atomic mass is 16.5. The first-order chi connectivity index (χ1) is 9.67. The standard InChI is InChI=1S/C18H28O2/c1-4-15-11-16(5-2)17(19)18(13(15)3)20-12-14-9-7-6-8-10-14/h6-10,13,15-19H,4-5,11-12H2,1-3H3/t13-,15+,16+,17+,18+/m1/s1. The predicted molar refractivity (Wildman–Crippen MR) is 82.4 cm³/mol. The fourth-order valence-electron chi connectivity index (χ4n) is 3.55. The summed E-state index contributed by atoms with van der Waals surface area (Å²) >= 11 is 0. The van der Waals surface area contributed by atoms with E-state index in [1.54, 1.807) is 0 Å². The lowest BCUT2D eigenvalue weighted by atomic mass is 9.69. The van der Waals surface area contributed by atoms with E-state index >= 15 is 0 Å². The Hall–Kier alpha value is -0.860. The van der Waals surface area contributed by atoms with Crippen molar-refractivity contribution in [3.8, 4) is 0 Å². The number of aliphatic hydroxyl groups excluding tert-OH is 1. The van der Waals surface area contributed by atoms with Gasteiger partial charge in [-0.3, -0.25) is 0 Å². The molecular formula is C18H28O2. The van der Waals surface area contributed by atoms with Crippen molar-refractivity contribution in [1.82, 2.24) is 0 Å². The van der Waals surface area contributed by atoms with Crippen molar-refractivity contribution in [1.29, 1.82) is 0 Å². The molecule has 2 heteroatoms. The van der Waals surface area contributed by atoms with E-state index in [0.717, 1.165) is 12.8 Å². The van der Waals surface area contributed by atoms with Gasteiger partial charge in [0.2, 0.25) is 0 Å². The number of aliphatic hydroxyl groups is 1. The molecule has 1 N–H and O–H groups in total. The normalized spacial score (nSPS) is 34.1. The van der Waals surface area contributed by atoms with Gasteiger partial charge in [0.25, 0.3) is 0 Å². The molecule has 0 saturated heterocycles. The Kier molecular flexibility index (Phi) is 5.62. The van der Waals surface area contributed by atoms with Crippen molar-refractivity contribution in [3.05, 3.63) is 35.9 Å². The summed E-state index contributed by atoms with van der Waals surface area (Å²) in [6.45, 7) is 7.25. The summed E-state index contributed by atoms with van der Waals surface area (Å²) in [4.78, 5) is 0. The summed E-state index contributed by atoms with van der Waals surface area (Å²) in [5.74, 6) is 1.49. The third-order valence-corrected chi connectivity index (χ3v) is 5.02. The molecule has 20 heavy (non-hydrogen) atoms. The van der Waals surface area contributed by atoms with Crippen molar-refractivity contribution in [2.75, 3.05) is 0 Å². The monoisotopic (exact) mass is 276 g/mol. The van der Waals surface area contributed by atoms with Crippen LogP contribution in [0.1, 0.15) is 45.6 Å². The topological polar surface area (TPSA) is 29.5 Å². The Bertz CT molecular complexity index is 374. The minimum atomic E-state index is -0.318. The lowest BCUT2D eigenvalue weighted by Crippen LogP contribution is -2.47. The van der Waals surface area contributed by atoms with Gasteiger partial charge < -0.3 is 9.84 Å². The van der Waals surface area contributed by atoms with Gasteiger partial charge in [-0.25, -0.2) is 0 Å². The quantitative estimate of drug-likeness (QED) is 0.880. The molecule has 1 aromatic carbocycles. The summed E-state index contributed by atoms with van der Waals surface area (Å²) in [6.07, 6.45) is 3.01. The second-order valence-electron chi connectivity index (χ2n) is 6.18. The maximum absolute atomic E-state index is 10.6. The molecule has 1 saturated carbocycles. The predicted octanol–water partition coefficient (Wildman–Crippen LogP) is 4.02. The number of hydrogen-bond donors (Lipinski definition) is 1. The average Bonchev–Trinajstić information content (AvgIpc) is 2.48. The van der Waals surface area contributed by atoms with E-state index in [2.05, 4.69) is 32.9 Å². The van der Waals surface area contributed by atoms with Crippen LogP contribution in [0.3, 0.4) is 0 Å². The van der Waals surface area contributed by atoms with Crippen LogP contribution in [-0.2, 0) is 11.3 Å². The second-order valence-corrected chi connectivity index (χ2v) is 6.18. The highest BCUT2D eigenvalue weighted by molar-refractivity contribution is 5.13. The number of ether oxygens (including phenoxy) is 1.